The molecule has 1 unspecified atom stereocenters. The van der Waals surface area contributed by atoms with E-state index in [2.05, 4.69) is 15.4 Å². The van der Waals surface area contributed by atoms with Gasteiger partial charge < -0.3 is 20.2 Å². The summed E-state index contributed by atoms with van der Waals surface area (Å²) in [5.74, 6) is 2.43. The van der Waals surface area contributed by atoms with Crippen molar-refractivity contribution < 1.29 is 9.90 Å². The number of carbonyl (C=O) groups is 1. The minimum absolute atomic E-state index is 0.0278. The number of nitrogens with zero attached hydrogens (tertiary/aromatic N) is 5. The van der Waals surface area contributed by atoms with Crippen molar-refractivity contribution in [3.05, 3.63) is 12.4 Å². The third-order valence-electron chi connectivity index (χ3n) is 4.46. The molecule has 1 amide bonds. The molecule has 2 aliphatic heterocycles. The van der Waals surface area contributed by atoms with E-state index in [1.165, 1.54) is 0 Å². The maximum atomic E-state index is 12.6. The van der Waals surface area contributed by atoms with Gasteiger partial charge in [-0.15, -0.1) is 0 Å². The van der Waals surface area contributed by atoms with Crippen LogP contribution in [0.25, 0.3) is 0 Å². The van der Waals surface area contributed by atoms with Crippen molar-refractivity contribution in [1.82, 2.24) is 20.0 Å². The molecule has 2 N–H and O–H groups in total. The molecule has 3 rings (SSSR count). The topological polar surface area (TPSA) is 86.0 Å². The molecule has 2 aliphatic rings. The molecule has 138 valence electrons. The summed E-state index contributed by atoms with van der Waals surface area (Å²) in [4.78, 5) is 20.9. The van der Waals surface area contributed by atoms with Gasteiger partial charge in [0, 0.05) is 38.6 Å². The van der Waals surface area contributed by atoms with Crippen LogP contribution in [0.15, 0.2) is 17.4 Å². The molecule has 0 bridgehead atoms. The average Bonchev–Trinajstić information content (AvgIpc) is 3.20. The lowest BCUT2D eigenvalue weighted by atomic mass is 10.0. The summed E-state index contributed by atoms with van der Waals surface area (Å²) in [5, 5.41) is 17.9. The van der Waals surface area contributed by atoms with Crippen LogP contribution >= 0.6 is 11.8 Å². The van der Waals surface area contributed by atoms with Gasteiger partial charge in [0.25, 0.3) is 0 Å². The number of amides is 1. The van der Waals surface area contributed by atoms with E-state index in [-0.39, 0.29) is 12.5 Å². The van der Waals surface area contributed by atoms with Crippen molar-refractivity contribution in [3.63, 3.8) is 0 Å². The maximum Gasteiger partial charge on any atom is 0.246 e. The Bertz CT molecular complexity index is 640. The van der Waals surface area contributed by atoms with Gasteiger partial charge in [0.05, 0.1) is 24.0 Å². The second-order valence-corrected chi connectivity index (χ2v) is 7.64. The monoisotopic (exact) mass is 366 g/mol. The highest BCUT2D eigenvalue weighted by Crippen LogP contribution is 2.28. The van der Waals surface area contributed by atoms with Crippen LogP contribution in [0.4, 0.5) is 5.69 Å². The molecular formula is C16H26N6O2S. The second-order valence-electron chi connectivity index (χ2n) is 6.54. The molecule has 3 heterocycles. The number of piperazine rings is 1. The largest absolute Gasteiger partial charge is 0.387 e. The number of aliphatic hydroxyl groups is 1. The van der Waals surface area contributed by atoms with E-state index in [0.29, 0.717) is 25.6 Å². The lowest BCUT2D eigenvalue weighted by Crippen LogP contribution is -2.55. The van der Waals surface area contributed by atoms with E-state index in [1.54, 1.807) is 27.5 Å². The van der Waals surface area contributed by atoms with Crippen LogP contribution in [0.1, 0.15) is 13.3 Å². The Hall–Kier alpha value is -1.74. The second kappa shape index (κ2) is 7.65. The van der Waals surface area contributed by atoms with E-state index in [4.69, 9.17) is 0 Å². The minimum Gasteiger partial charge on any atom is -0.387 e. The smallest absolute Gasteiger partial charge is 0.246 e. The van der Waals surface area contributed by atoms with Crippen LogP contribution in [0.5, 0.6) is 0 Å². The number of aromatic nitrogens is 2. The standard InChI is InChI=1S/C16H26N6O2S/c1-3-17-15(18-11-16(24)4-7-25-12-16)21-5-6-22(14(23)10-21)13-8-19-20(2)9-13/h8-9,24H,3-7,10-12H2,1-2H3,(H,17,18). The quantitative estimate of drug-likeness (QED) is 0.572. The Morgan fingerprint density at radius 2 is 2.36 bits per heavy atom. The first-order valence-electron chi connectivity index (χ1n) is 8.63. The van der Waals surface area contributed by atoms with Gasteiger partial charge in [-0.2, -0.15) is 16.9 Å². The molecule has 0 aliphatic carbocycles. The van der Waals surface area contributed by atoms with Gasteiger partial charge in [-0.25, -0.2) is 0 Å². The molecule has 0 saturated carbocycles. The predicted octanol–water partition coefficient (Wildman–Crippen LogP) is -0.0978. The molecule has 0 aromatic carbocycles. The van der Waals surface area contributed by atoms with Crippen molar-refractivity contribution in [3.8, 4) is 0 Å². The van der Waals surface area contributed by atoms with Crippen molar-refractivity contribution in [1.29, 1.82) is 0 Å². The predicted molar refractivity (Wildman–Crippen MR) is 100 cm³/mol. The SMILES string of the molecule is CCNC(=NCC1(O)CCSC1)N1CCN(c2cnn(C)c2)C(=O)C1. The van der Waals surface area contributed by atoms with E-state index in [0.717, 1.165) is 30.2 Å². The van der Waals surface area contributed by atoms with Gasteiger partial charge in [0.1, 0.15) is 6.54 Å². The number of thioether (sulfide) groups is 1. The van der Waals surface area contributed by atoms with Crippen LogP contribution in [0.3, 0.4) is 0 Å². The summed E-state index contributed by atoms with van der Waals surface area (Å²) in [7, 11) is 1.84. The van der Waals surface area contributed by atoms with Crippen LogP contribution in [0.2, 0.25) is 0 Å². The van der Waals surface area contributed by atoms with E-state index in [1.807, 2.05) is 25.1 Å². The lowest BCUT2D eigenvalue weighted by Gasteiger charge is -2.35. The van der Waals surface area contributed by atoms with E-state index >= 15 is 0 Å². The fourth-order valence-electron chi connectivity index (χ4n) is 3.04. The fourth-order valence-corrected chi connectivity index (χ4v) is 4.33. The highest BCUT2D eigenvalue weighted by Gasteiger charge is 2.32. The van der Waals surface area contributed by atoms with Crippen LogP contribution in [-0.4, -0.2) is 81.5 Å². The van der Waals surface area contributed by atoms with E-state index < -0.39 is 5.60 Å². The van der Waals surface area contributed by atoms with Gasteiger partial charge in [-0.1, -0.05) is 0 Å². The summed E-state index contributed by atoms with van der Waals surface area (Å²) in [6, 6.07) is 0. The van der Waals surface area contributed by atoms with Crippen LogP contribution in [-0.2, 0) is 11.8 Å². The molecular weight excluding hydrogens is 340 g/mol. The number of carbonyl (C=O) groups excluding carboxylic acids is 1. The Kier molecular flexibility index (Phi) is 5.53. The number of aliphatic imine (C=N–C) groups is 1. The molecule has 1 aromatic rings. The average molecular weight is 366 g/mol. The zero-order chi connectivity index (χ0) is 17.9. The molecule has 9 heteroatoms. The molecule has 2 fully saturated rings. The Balaban J connectivity index is 1.66. The number of hydrogen-bond acceptors (Lipinski definition) is 5. The van der Waals surface area contributed by atoms with Crippen molar-refractivity contribution in [2.24, 2.45) is 12.0 Å². The first-order chi connectivity index (χ1) is 12.0. The van der Waals surface area contributed by atoms with Crippen molar-refractivity contribution in [2.75, 3.05) is 49.1 Å². The molecule has 25 heavy (non-hydrogen) atoms. The molecule has 8 nitrogen and oxygen atoms in total. The molecule has 1 atom stereocenters. The summed E-state index contributed by atoms with van der Waals surface area (Å²) in [6.07, 6.45) is 4.33. The summed E-state index contributed by atoms with van der Waals surface area (Å²) < 4.78 is 1.70. The van der Waals surface area contributed by atoms with Gasteiger partial charge in [0.2, 0.25) is 5.91 Å². The maximum absolute atomic E-state index is 12.6. The lowest BCUT2D eigenvalue weighted by molar-refractivity contribution is -0.120. The summed E-state index contributed by atoms with van der Waals surface area (Å²) in [6.45, 7) is 4.66. The summed E-state index contributed by atoms with van der Waals surface area (Å²) >= 11 is 1.76. The number of guanidine groups is 1. The van der Waals surface area contributed by atoms with Gasteiger partial charge in [-0.05, 0) is 19.1 Å². The third kappa shape index (κ3) is 4.27. The highest BCUT2D eigenvalue weighted by molar-refractivity contribution is 7.99. The van der Waals surface area contributed by atoms with Gasteiger partial charge in [-0.3, -0.25) is 14.5 Å². The first-order valence-corrected chi connectivity index (χ1v) is 9.78. The Morgan fingerprint density at radius 3 is 2.96 bits per heavy atom. The fraction of sp³-hybridized carbons (Fsp3) is 0.688. The summed E-state index contributed by atoms with van der Waals surface area (Å²) in [5.41, 5.74) is 0.110. The van der Waals surface area contributed by atoms with Crippen molar-refractivity contribution in [2.45, 2.75) is 18.9 Å². The minimum atomic E-state index is -0.715. The Labute approximate surface area is 152 Å². The van der Waals surface area contributed by atoms with Gasteiger partial charge in [0.15, 0.2) is 5.96 Å². The van der Waals surface area contributed by atoms with Crippen LogP contribution < -0.4 is 10.2 Å². The number of anilines is 1. The number of aryl methyl sites for hydroxylation is 1. The molecule has 1 aromatic heterocycles. The molecule has 2 saturated heterocycles. The van der Waals surface area contributed by atoms with Crippen LogP contribution in [0, 0.1) is 0 Å². The number of rotatable bonds is 4. The highest BCUT2D eigenvalue weighted by atomic mass is 32.2. The zero-order valence-electron chi connectivity index (χ0n) is 14.8. The zero-order valence-corrected chi connectivity index (χ0v) is 15.6. The molecule has 0 radical (unpaired) electrons. The van der Waals surface area contributed by atoms with Gasteiger partial charge >= 0.3 is 0 Å². The Morgan fingerprint density at radius 1 is 1.52 bits per heavy atom. The number of hydrogen-bond donors (Lipinski definition) is 2. The normalized spacial score (nSPS) is 24.9. The van der Waals surface area contributed by atoms with E-state index in [9.17, 15) is 9.90 Å². The van der Waals surface area contributed by atoms with Crippen molar-refractivity contribution >= 4 is 29.3 Å². The number of nitrogens with one attached hydrogen (secondary N) is 1. The first kappa shape index (κ1) is 18.1. The molecule has 0 spiro atoms. The third-order valence-corrected chi connectivity index (χ3v) is 5.70.